The summed E-state index contributed by atoms with van der Waals surface area (Å²) in [4.78, 5) is 16.0. The number of hydrogen-bond donors (Lipinski definition) is 3. The Morgan fingerprint density at radius 2 is 2.00 bits per heavy atom. The second-order valence-electron chi connectivity index (χ2n) is 8.28. The summed E-state index contributed by atoms with van der Waals surface area (Å²) >= 11 is 5.51. The summed E-state index contributed by atoms with van der Waals surface area (Å²) in [5, 5.41) is 3.59. The van der Waals surface area contributed by atoms with Gasteiger partial charge in [0, 0.05) is 29.2 Å². The van der Waals surface area contributed by atoms with Gasteiger partial charge in [-0.3, -0.25) is 15.8 Å². The molecule has 0 fully saturated rings. The number of nitrogens with one attached hydrogen (secondary N) is 3. The molecular weight excluding hydrogens is 476 g/mol. The molecule has 8 nitrogen and oxygen atoms in total. The molecule has 1 aliphatic heterocycles. The summed E-state index contributed by atoms with van der Waals surface area (Å²) in [5.41, 5.74) is 9.82. The lowest BCUT2D eigenvalue weighted by atomic mass is 9.91. The van der Waals surface area contributed by atoms with E-state index in [1.807, 2.05) is 62.4 Å². The molecule has 2 heterocycles. The fraction of sp³-hybridized carbons (Fsp3) is 0.222. The number of carbonyl (C=O) groups is 1. The van der Waals surface area contributed by atoms with Crippen LogP contribution in [0.5, 0.6) is 11.5 Å². The Kier molecular flexibility index (Phi) is 7.70. The minimum atomic E-state index is -0.788. The molecule has 0 radical (unpaired) electrons. The summed E-state index contributed by atoms with van der Waals surface area (Å²) in [7, 11) is 0. The number of esters is 1. The van der Waals surface area contributed by atoms with Crippen LogP contribution >= 0.6 is 12.2 Å². The van der Waals surface area contributed by atoms with Gasteiger partial charge in [-0.25, -0.2) is 4.79 Å². The first-order valence-electron chi connectivity index (χ1n) is 11.5. The summed E-state index contributed by atoms with van der Waals surface area (Å²) < 4.78 is 17.0. The average molecular weight is 505 g/mol. The minimum absolute atomic E-state index is 0.184. The second-order valence-corrected chi connectivity index (χ2v) is 8.69. The molecule has 4 rings (SSSR count). The van der Waals surface area contributed by atoms with Gasteiger partial charge in [0.1, 0.15) is 11.5 Å². The minimum Gasteiger partial charge on any atom is -0.482 e. The predicted molar refractivity (Wildman–Crippen MR) is 142 cm³/mol. The highest BCUT2D eigenvalue weighted by Crippen LogP contribution is 2.41. The Morgan fingerprint density at radius 1 is 1.17 bits per heavy atom. The van der Waals surface area contributed by atoms with E-state index in [9.17, 15) is 4.79 Å². The molecule has 2 aromatic carbocycles. The van der Waals surface area contributed by atoms with Gasteiger partial charge in [-0.05, 0) is 75.0 Å². The Morgan fingerprint density at radius 3 is 2.75 bits per heavy atom. The largest absolute Gasteiger partial charge is 0.482 e. The number of nitrogens with zero attached hydrogens (tertiary/aromatic N) is 1. The quantitative estimate of drug-likeness (QED) is 0.233. The normalized spacial score (nSPS) is 16.0. The van der Waals surface area contributed by atoms with Crippen LogP contribution in [-0.4, -0.2) is 29.3 Å². The Hall–Kier alpha value is -4.11. The van der Waals surface area contributed by atoms with E-state index in [1.54, 1.807) is 31.5 Å². The van der Waals surface area contributed by atoms with E-state index in [4.69, 9.17) is 26.4 Å². The predicted octanol–water partition coefficient (Wildman–Crippen LogP) is 4.47. The third kappa shape index (κ3) is 5.92. The molecule has 36 heavy (non-hydrogen) atoms. The molecule has 1 unspecified atom stereocenters. The molecule has 0 aliphatic carbocycles. The van der Waals surface area contributed by atoms with Gasteiger partial charge in [-0.2, -0.15) is 0 Å². The topological polar surface area (TPSA) is 93.7 Å². The number of ether oxygens (including phenoxy) is 3. The van der Waals surface area contributed by atoms with E-state index >= 15 is 0 Å². The fourth-order valence-corrected chi connectivity index (χ4v) is 3.91. The summed E-state index contributed by atoms with van der Waals surface area (Å²) in [6.07, 6.45) is 5.44. The first-order valence-corrected chi connectivity index (χ1v) is 11.9. The van der Waals surface area contributed by atoms with Gasteiger partial charge in [0.15, 0.2) is 17.3 Å². The van der Waals surface area contributed by atoms with Crippen LogP contribution in [0.15, 0.2) is 73.1 Å². The number of anilines is 1. The van der Waals surface area contributed by atoms with Crippen LogP contribution in [0.4, 0.5) is 5.69 Å². The highest BCUT2D eigenvalue weighted by Gasteiger charge is 2.33. The number of thiocarbonyl (C=S) groups is 1. The highest BCUT2D eigenvalue weighted by molar-refractivity contribution is 7.80. The average Bonchev–Trinajstić information content (AvgIpc) is 2.88. The lowest BCUT2D eigenvalue weighted by Crippen LogP contribution is -2.41. The van der Waals surface area contributed by atoms with Crippen molar-refractivity contribution in [1.82, 2.24) is 15.8 Å². The van der Waals surface area contributed by atoms with Crippen molar-refractivity contribution in [3.05, 3.63) is 89.8 Å². The highest BCUT2D eigenvalue weighted by atomic mass is 32.1. The zero-order valence-electron chi connectivity index (χ0n) is 20.3. The van der Waals surface area contributed by atoms with Gasteiger partial charge in [0.05, 0.1) is 12.3 Å². The van der Waals surface area contributed by atoms with Gasteiger partial charge >= 0.3 is 5.97 Å². The van der Waals surface area contributed by atoms with Crippen molar-refractivity contribution >= 4 is 34.7 Å². The lowest BCUT2D eigenvalue weighted by molar-refractivity contribution is -0.145. The molecule has 1 aliphatic rings. The zero-order valence-corrected chi connectivity index (χ0v) is 21.1. The molecule has 186 valence electrons. The molecule has 1 aromatic heterocycles. The number of aryl methyl sites for hydroxylation is 1. The maximum absolute atomic E-state index is 11.7. The number of carbonyl (C=O) groups excluding carboxylic acids is 1. The number of hydrogen-bond acceptors (Lipinski definition) is 7. The zero-order chi connectivity index (χ0) is 25.5. The number of rotatable bonds is 8. The van der Waals surface area contributed by atoms with Crippen LogP contribution in [0, 0.1) is 6.92 Å². The first kappa shape index (κ1) is 25.0. The van der Waals surface area contributed by atoms with Gasteiger partial charge < -0.3 is 19.5 Å². The van der Waals surface area contributed by atoms with Crippen LogP contribution in [0.3, 0.4) is 0 Å². The molecule has 1 atom stereocenters. The molecule has 0 saturated carbocycles. The molecule has 0 bridgehead atoms. The number of benzene rings is 2. The molecule has 0 spiro atoms. The van der Waals surface area contributed by atoms with E-state index in [2.05, 4.69) is 21.2 Å². The van der Waals surface area contributed by atoms with Crippen molar-refractivity contribution in [2.75, 3.05) is 18.5 Å². The maximum atomic E-state index is 11.7. The van der Waals surface area contributed by atoms with Crippen LogP contribution in [0.2, 0.25) is 0 Å². The summed E-state index contributed by atoms with van der Waals surface area (Å²) in [6, 6.07) is 17.1. The maximum Gasteiger partial charge on any atom is 0.344 e. The summed E-state index contributed by atoms with van der Waals surface area (Å²) in [5.74, 6) is 0.705. The first-order chi connectivity index (χ1) is 17.4. The standard InChI is InChI=1S/C27H28N4O4S/c1-4-33-25(32)17-34-20-11-12-24-21(14-20)23(15-27(3,35-24)19-9-7-13-28-16-19)30-31-26(36)29-22-10-6-5-8-18(22)2/h5-16,30H,4,17H2,1-3H3,(H2,29,31,36). The SMILES string of the molecule is CCOC(=O)COc1ccc2c(c1)C(NNC(=S)Nc1ccccc1C)=CC(C)(c1cccnc1)O2. The Bertz CT molecular complexity index is 1280. The van der Waals surface area contributed by atoms with Gasteiger partial charge in [0.2, 0.25) is 0 Å². The van der Waals surface area contributed by atoms with Gasteiger partial charge in [-0.1, -0.05) is 24.3 Å². The Labute approximate surface area is 215 Å². The fourth-order valence-electron chi connectivity index (χ4n) is 3.75. The van der Waals surface area contributed by atoms with Crippen molar-refractivity contribution in [1.29, 1.82) is 0 Å². The molecule has 3 aromatic rings. The van der Waals surface area contributed by atoms with Gasteiger partial charge in [-0.15, -0.1) is 0 Å². The second kappa shape index (κ2) is 11.1. The molecule has 3 N–H and O–H groups in total. The van der Waals surface area contributed by atoms with Crippen molar-refractivity contribution in [3.8, 4) is 11.5 Å². The number of aromatic nitrogens is 1. The monoisotopic (exact) mass is 504 g/mol. The third-order valence-corrected chi connectivity index (χ3v) is 5.79. The number of fused-ring (bicyclic) bond motifs is 1. The van der Waals surface area contributed by atoms with Crippen LogP contribution in [-0.2, 0) is 15.1 Å². The molecule has 0 saturated heterocycles. The number of hydrazine groups is 1. The molecule has 0 amide bonds. The van der Waals surface area contributed by atoms with Crippen LogP contribution in [0.25, 0.3) is 5.70 Å². The van der Waals surface area contributed by atoms with Crippen LogP contribution in [0.1, 0.15) is 30.5 Å². The van der Waals surface area contributed by atoms with E-state index in [0.717, 1.165) is 28.1 Å². The van der Waals surface area contributed by atoms with E-state index in [-0.39, 0.29) is 6.61 Å². The Balaban J connectivity index is 1.58. The van der Waals surface area contributed by atoms with E-state index < -0.39 is 11.6 Å². The van der Waals surface area contributed by atoms with Crippen LogP contribution < -0.4 is 25.6 Å². The van der Waals surface area contributed by atoms with Gasteiger partial charge in [0.25, 0.3) is 0 Å². The lowest BCUT2D eigenvalue weighted by Gasteiger charge is -2.34. The number of pyridine rings is 1. The van der Waals surface area contributed by atoms with E-state index in [0.29, 0.717) is 23.2 Å². The molecule has 9 heteroatoms. The van der Waals surface area contributed by atoms with Crippen molar-refractivity contribution in [2.45, 2.75) is 26.4 Å². The molecular formula is C27H28N4O4S. The van der Waals surface area contributed by atoms with Crippen molar-refractivity contribution in [2.24, 2.45) is 0 Å². The van der Waals surface area contributed by atoms with Crippen molar-refractivity contribution in [3.63, 3.8) is 0 Å². The third-order valence-electron chi connectivity index (χ3n) is 5.58. The van der Waals surface area contributed by atoms with E-state index in [1.165, 1.54) is 0 Å². The summed E-state index contributed by atoms with van der Waals surface area (Å²) in [6.45, 7) is 5.83. The number of para-hydroxylation sites is 1. The van der Waals surface area contributed by atoms with Crippen molar-refractivity contribution < 1.29 is 19.0 Å². The smallest absolute Gasteiger partial charge is 0.344 e.